The van der Waals surface area contributed by atoms with Crippen LogP contribution in [0, 0.1) is 6.07 Å². The van der Waals surface area contributed by atoms with Gasteiger partial charge in [-0.15, -0.1) is 11.6 Å². The molecule has 1 amide bonds. The van der Waals surface area contributed by atoms with Crippen molar-refractivity contribution in [3.63, 3.8) is 0 Å². The van der Waals surface area contributed by atoms with Gasteiger partial charge in [0.1, 0.15) is 17.6 Å². The van der Waals surface area contributed by atoms with Crippen molar-refractivity contribution in [2.45, 2.75) is 12.5 Å². The quantitative estimate of drug-likeness (QED) is 0.396. The van der Waals surface area contributed by atoms with E-state index in [1.165, 1.54) is 4.90 Å². The van der Waals surface area contributed by atoms with E-state index in [0.29, 0.717) is 12.3 Å². The number of halogens is 1. The predicted molar refractivity (Wildman–Crippen MR) is 121 cm³/mol. The van der Waals surface area contributed by atoms with E-state index in [1.54, 1.807) is 54.7 Å². The molecular formula is C25H19CdClN3O2+. The van der Waals surface area contributed by atoms with Gasteiger partial charge in [-0.3, -0.25) is 14.7 Å². The Labute approximate surface area is 211 Å². The van der Waals surface area contributed by atoms with Gasteiger partial charge >= 0.3 is 27.3 Å². The Morgan fingerprint density at radius 3 is 2.34 bits per heavy atom. The Morgan fingerprint density at radius 2 is 1.72 bits per heavy atom. The normalized spacial score (nSPS) is 16.2. The molecule has 0 aromatic heterocycles. The largest absolute Gasteiger partial charge is 2.00 e. The van der Waals surface area contributed by atoms with Crippen molar-refractivity contribution >= 4 is 35.3 Å². The summed E-state index contributed by atoms with van der Waals surface area (Å²) in [4.78, 5) is 21.7. The van der Waals surface area contributed by atoms with Gasteiger partial charge in [0.05, 0.1) is 11.9 Å². The fourth-order valence-corrected chi connectivity index (χ4v) is 3.28. The number of aromatic hydroxyl groups is 1. The van der Waals surface area contributed by atoms with Crippen LogP contribution in [0.25, 0.3) is 5.70 Å². The van der Waals surface area contributed by atoms with Crippen LogP contribution >= 0.6 is 11.6 Å². The molecule has 32 heavy (non-hydrogen) atoms. The first-order valence-electron chi connectivity index (χ1n) is 9.70. The van der Waals surface area contributed by atoms with Crippen LogP contribution in [0.3, 0.4) is 0 Å². The maximum absolute atomic E-state index is 12.6. The zero-order valence-electron chi connectivity index (χ0n) is 17.2. The molecule has 3 aromatic carbocycles. The molecule has 1 unspecified atom stereocenters. The Morgan fingerprint density at radius 1 is 1.03 bits per heavy atom. The minimum Gasteiger partial charge on any atom is -0.508 e. The molecule has 2 aliphatic heterocycles. The standard InChI is InChI=1S/C19H15N3O2.C6H4Cl.Cd/c23-15-8-6-14(7-9-15)17-12-22-18(11-20-17)21-16(19(22)24)10-13-4-2-1-3-5-13;7-6-4-2-1-3-5-6;/h1-9,12,16,20,23H,10H2;2-5H;/q;-1;+2. The second kappa shape index (κ2) is 11.2. The maximum Gasteiger partial charge on any atom is 2.00 e. The van der Waals surface area contributed by atoms with Gasteiger partial charge in [-0.05, 0) is 23.3 Å². The fourth-order valence-electron chi connectivity index (χ4n) is 3.16. The molecule has 0 bridgehead atoms. The average Bonchev–Trinajstić information content (AvgIpc) is 3.11. The molecule has 0 saturated heterocycles. The number of aliphatic imine (C=N–C) groups is 1. The van der Waals surface area contributed by atoms with Crippen molar-refractivity contribution in [2.24, 2.45) is 4.99 Å². The first kappa shape index (κ1) is 23.9. The number of hydrogen-bond acceptors (Lipinski definition) is 3. The summed E-state index contributed by atoms with van der Waals surface area (Å²) in [6, 6.07) is 26.2. The van der Waals surface area contributed by atoms with E-state index < -0.39 is 6.04 Å². The zero-order valence-corrected chi connectivity index (χ0v) is 22.0. The van der Waals surface area contributed by atoms with Gasteiger partial charge in [-0.25, -0.2) is 0 Å². The second-order valence-corrected chi connectivity index (χ2v) is 7.36. The predicted octanol–water partition coefficient (Wildman–Crippen LogP) is 2.72. The van der Waals surface area contributed by atoms with Gasteiger partial charge in [0.25, 0.3) is 5.91 Å². The van der Waals surface area contributed by atoms with E-state index >= 15 is 0 Å². The minimum absolute atomic E-state index is 0. The molecule has 0 radical (unpaired) electrons. The average molecular weight is 541 g/mol. The van der Waals surface area contributed by atoms with Gasteiger partial charge in [-0.1, -0.05) is 47.5 Å². The minimum atomic E-state index is -0.424. The Balaban J connectivity index is 0.000000311. The van der Waals surface area contributed by atoms with Gasteiger partial charge in [0, 0.05) is 12.6 Å². The van der Waals surface area contributed by atoms with E-state index in [9.17, 15) is 9.90 Å². The Hall–Kier alpha value is -2.78. The number of amides is 1. The number of phenols is 1. The summed E-state index contributed by atoms with van der Waals surface area (Å²) in [5.74, 6) is 0.646. The van der Waals surface area contributed by atoms with Crippen molar-refractivity contribution in [1.29, 1.82) is 0 Å². The number of nitrogens with one attached hydrogen (secondary N) is 1. The van der Waals surface area contributed by atoms with Crippen LogP contribution < -0.4 is 4.99 Å². The summed E-state index contributed by atoms with van der Waals surface area (Å²) in [6.07, 6.45) is 5.27. The van der Waals surface area contributed by atoms with Crippen LogP contribution in [0.15, 0.2) is 90.1 Å². The monoisotopic (exact) mass is 542 g/mol. The number of phenolic OH excluding ortho intramolecular Hbond substituents is 1. The van der Waals surface area contributed by atoms with Crippen molar-refractivity contribution < 1.29 is 42.2 Å². The molecule has 5 nitrogen and oxygen atoms in total. The van der Waals surface area contributed by atoms with Crippen molar-refractivity contribution in [3.05, 3.63) is 107 Å². The molecule has 5 rings (SSSR count). The topological polar surface area (TPSA) is 66.9 Å². The Kier molecular flexibility index (Phi) is 8.35. The van der Waals surface area contributed by atoms with Crippen molar-refractivity contribution in [1.82, 2.24) is 4.90 Å². The van der Waals surface area contributed by atoms with E-state index in [4.69, 9.17) is 11.6 Å². The zero-order chi connectivity index (χ0) is 21.6. The van der Waals surface area contributed by atoms with Gasteiger partial charge in [-0.2, -0.15) is 30.3 Å². The first-order valence-corrected chi connectivity index (χ1v) is 10.1. The molecular weight excluding hydrogens is 522 g/mol. The van der Waals surface area contributed by atoms with Crippen LogP contribution in [0.2, 0.25) is 5.02 Å². The van der Waals surface area contributed by atoms with Gasteiger partial charge in [0.2, 0.25) is 0 Å². The molecule has 0 aliphatic carbocycles. The van der Waals surface area contributed by atoms with E-state index in [2.05, 4.69) is 22.3 Å². The number of nitrogens with zero attached hydrogens (tertiary/aromatic N) is 2. The van der Waals surface area contributed by atoms with E-state index in [0.717, 1.165) is 21.8 Å². The smallest absolute Gasteiger partial charge is 0.508 e. The van der Waals surface area contributed by atoms with Crippen LogP contribution in [0.5, 0.6) is 5.75 Å². The molecule has 154 valence electrons. The fraction of sp³-hybridized carbons (Fsp3) is 0.0800. The van der Waals surface area contributed by atoms with Crippen LogP contribution in [0.4, 0.5) is 0 Å². The molecule has 2 N–H and O–H groups in total. The summed E-state index contributed by atoms with van der Waals surface area (Å²) in [7, 11) is 0. The molecule has 2 heterocycles. The van der Waals surface area contributed by atoms with E-state index in [1.807, 2.05) is 30.3 Å². The number of carbonyl (C=O) groups excluding carboxylic acids is 1. The molecule has 1 atom stereocenters. The Bertz CT molecular complexity index is 1150. The number of fused-ring (bicyclic) bond motifs is 1. The summed E-state index contributed by atoms with van der Waals surface area (Å²) in [5.41, 5.74) is 2.68. The third kappa shape index (κ3) is 5.92. The molecule has 0 fully saturated rings. The molecule has 0 spiro atoms. The van der Waals surface area contributed by atoms with Gasteiger partial charge in [0.15, 0.2) is 0 Å². The maximum atomic E-state index is 12.6. The third-order valence-electron chi connectivity index (χ3n) is 4.72. The molecule has 2 aliphatic rings. The SMILES string of the molecule is Clc1cc[c-]cc1.O=C1C(Cc2ccccc2)N=C2[C-]=[NH+]C(c3ccc(O)cc3)=CN12.[Cd+2]. The number of carbonyl (C=O) groups is 1. The van der Waals surface area contributed by atoms with Crippen LogP contribution in [-0.4, -0.2) is 34.0 Å². The third-order valence-corrected chi connectivity index (χ3v) is 4.98. The van der Waals surface area contributed by atoms with Crippen molar-refractivity contribution in [2.75, 3.05) is 0 Å². The summed E-state index contributed by atoms with van der Waals surface area (Å²) in [6.45, 7) is 0. The number of rotatable bonds is 3. The summed E-state index contributed by atoms with van der Waals surface area (Å²) in [5, 5.41) is 10.1. The number of amidine groups is 1. The summed E-state index contributed by atoms with van der Waals surface area (Å²) >= 11 is 5.52. The molecule has 3 aromatic rings. The number of benzene rings is 3. The molecule has 0 saturated carbocycles. The van der Waals surface area contributed by atoms with Crippen LogP contribution in [0.1, 0.15) is 11.1 Å². The number of hydrogen-bond donors (Lipinski definition) is 2. The first-order chi connectivity index (χ1) is 15.1. The summed E-state index contributed by atoms with van der Waals surface area (Å²) < 4.78 is 0. The van der Waals surface area contributed by atoms with Crippen LogP contribution in [-0.2, 0) is 38.5 Å². The molecule has 7 heteroatoms. The van der Waals surface area contributed by atoms with Crippen molar-refractivity contribution in [3.8, 4) is 5.75 Å². The van der Waals surface area contributed by atoms with E-state index in [-0.39, 0.29) is 39.0 Å². The van der Waals surface area contributed by atoms with Gasteiger partial charge < -0.3 is 10.1 Å². The second-order valence-electron chi connectivity index (χ2n) is 6.92.